The number of halogens is 2. The minimum absolute atomic E-state index is 0.0110. The minimum Gasteiger partial charge on any atom is -0.326 e. The van der Waals surface area contributed by atoms with Crippen LogP contribution in [-0.2, 0) is 16.1 Å². The van der Waals surface area contributed by atoms with Gasteiger partial charge in [0.15, 0.2) is 0 Å². The van der Waals surface area contributed by atoms with Crippen molar-refractivity contribution in [3.05, 3.63) is 64.1 Å². The fourth-order valence-corrected chi connectivity index (χ4v) is 3.36. The summed E-state index contributed by atoms with van der Waals surface area (Å²) >= 11 is 11.9. The van der Waals surface area contributed by atoms with Gasteiger partial charge in [-0.1, -0.05) is 53.5 Å². The molecular weight excluding hydrogens is 347 g/mol. The number of nitrogens with one attached hydrogen (secondary N) is 1. The number of anilines is 1. The Morgan fingerprint density at radius 1 is 1.12 bits per heavy atom. The van der Waals surface area contributed by atoms with Crippen LogP contribution in [0.1, 0.15) is 18.4 Å². The lowest BCUT2D eigenvalue weighted by Gasteiger charge is -2.24. The van der Waals surface area contributed by atoms with Crippen molar-refractivity contribution in [3.8, 4) is 0 Å². The van der Waals surface area contributed by atoms with Gasteiger partial charge in [-0.3, -0.25) is 9.59 Å². The molecule has 1 aliphatic heterocycles. The average Bonchev–Trinajstić information content (AvgIpc) is 2.88. The second-order valence-electron chi connectivity index (χ2n) is 5.71. The maximum Gasteiger partial charge on any atom is 0.247 e. The van der Waals surface area contributed by atoms with Crippen molar-refractivity contribution < 1.29 is 9.59 Å². The van der Waals surface area contributed by atoms with Crippen LogP contribution in [0.3, 0.4) is 0 Å². The molecule has 1 saturated heterocycles. The summed E-state index contributed by atoms with van der Waals surface area (Å²) in [5.41, 5.74) is 1.52. The van der Waals surface area contributed by atoms with Gasteiger partial charge < -0.3 is 10.2 Å². The summed E-state index contributed by atoms with van der Waals surface area (Å²) in [6.45, 7) is 0.425. The summed E-state index contributed by atoms with van der Waals surface area (Å²) in [6.07, 6.45) is 0.882. The second-order valence-corrected chi connectivity index (χ2v) is 6.58. The maximum absolute atomic E-state index is 12.6. The number of amides is 2. The highest BCUT2D eigenvalue weighted by atomic mass is 35.5. The first-order valence-corrected chi connectivity index (χ1v) is 8.39. The van der Waals surface area contributed by atoms with Crippen LogP contribution in [0.15, 0.2) is 48.5 Å². The lowest BCUT2D eigenvalue weighted by molar-refractivity contribution is -0.133. The van der Waals surface area contributed by atoms with Gasteiger partial charge in [-0.25, -0.2) is 0 Å². The Hall–Kier alpha value is -2.04. The zero-order valence-electron chi connectivity index (χ0n) is 12.8. The van der Waals surface area contributed by atoms with E-state index in [9.17, 15) is 9.59 Å². The molecule has 1 unspecified atom stereocenters. The third-order valence-electron chi connectivity index (χ3n) is 3.96. The molecule has 0 bridgehead atoms. The van der Waals surface area contributed by atoms with E-state index in [1.807, 2.05) is 30.3 Å². The number of rotatable bonds is 4. The first kappa shape index (κ1) is 16.8. The molecule has 24 heavy (non-hydrogen) atoms. The lowest BCUT2D eigenvalue weighted by atomic mass is 10.1. The average molecular weight is 363 g/mol. The molecule has 4 nitrogen and oxygen atoms in total. The topological polar surface area (TPSA) is 49.4 Å². The zero-order valence-corrected chi connectivity index (χ0v) is 14.3. The van der Waals surface area contributed by atoms with Crippen LogP contribution in [0.5, 0.6) is 0 Å². The molecule has 6 heteroatoms. The summed E-state index contributed by atoms with van der Waals surface area (Å²) in [7, 11) is 0. The van der Waals surface area contributed by atoms with Crippen LogP contribution in [0.4, 0.5) is 5.69 Å². The molecule has 3 rings (SSSR count). The molecule has 1 fully saturated rings. The number of likely N-dealkylation sites (tertiary alicyclic amines) is 1. The molecule has 2 amide bonds. The van der Waals surface area contributed by atoms with Gasteiger partial charge in [-0.15, -0.1) is 0 Å². The van der Waals surface area contributed by atoms with Gasteiger partial charge in [0, 0.05) is 28.7 Å². The summed E-state index contributed by atoms with van der Waals surface area (Å²) in [6, 6.07) is 14.0. The van der Waals surface area contributed by atoms with Crippen molar-refractivity contribution in [2.24, 2.45) is 0 Å². The quantitative estimate of drug-likeness (QED) is 0.888. The Kier molecular flexibility index (Phi) is 5.07. The number of carbonyl (C=O) groups is 2. The van der Waals surface area contributed by atoms with E-state index in [4.69, 9.17) is 23.2 Å². The van der Waals surface area contributed by atoms with Crippen LogP contribution in [0.25, 0.3) is 0 Å². The molecule has 0 aromatic heterocycles. The van der Waals surface area contributed by atoms with E-state index < -0.39 is 6.04 Å². The zero-order chi connectivity index (χ0) is 17.1. The highest BCUT2D eigenvalue weighted by Gasteiger charge is 2.35. The monoisotopic (exact) mass is 362 g/mol. The molecule has 1 aliphatic rings. The molecule has 1 atom stereocenters. The van der Waals surface area contributed by atoms with Crippen LogP contribution >= 0.6 is 23.2 Å². The Balaban J connectivity index is 1.74. The highest BCUT2D eigenvalue weighted by Crippen LogP contribution is 2.25. The van der Waals surface area contributed by atoms with E-state index >= 15 is 0 Å². The minimum atomic E-state index is -0.490. The van der Waals surface area contributed by atoms with Crippen molar-refractivity contribution in [2.75, 3.05) is 5.32 Å². The predicted molar refractivity (Wildman–Crippen MR) is 95.1 cm³/mol. The van der Waals surface area contributed by atoms with E-state index in [2.05, 4.69) is 5.32 Å². The summed E-state index contributed by atoms with van der Waals surface area (Å²) < 4.78 is 0. The van der Waals surface area contributed by atoms with Crippen LogP contribution in [0, 0.1) is 0 Å². The molecule has 0 saturated carbocycles. The number of benzene rings is 2. The van der Waals surface area contributed by atoms with Crippen molar-refractivity contribution in [1.29, 1.82) is 0 Å². The first-order valence-electron chi connectivity index (χ1n) is 7.63. The second kappa shape index (κ2) is 7.24. The van der Waals surface area contributed by atoms with E-state index in [0.29, 0.717) is 35.1 Å². The molecule has 0 spiro atoms. The van der Waals surface area contributed by atoms with Gasteiger partial charge >= 0.3 is 0 Å². The van der Waals surface area contributed by atoms with Gasteiger partial charge in [0.05, 0.1) is 0 Å². The summed E-state index contributed by atoms with van der Waals surface area (Å²) in [4.78, 5) is 26.4. The lowest BCUT2D eigenvalue weighted by Crippen LogP contribution is -2.41. The van der Waals surface area contributed by atoms with Crippen LogP contribution in [0.2, 0.25) is 10.0 Å². The number of hydrogen-bond acceptors (Lipinski definition) is 2. The van der Waals surface area contributed by atoms with E-state index in [0.717, 1.165) is 5.56 Å². The van der Waals surface area contributed by atoms with Gasteiger partial charge in [0.2, 0.25) is 11.8 Å². The summed E-state index contributed by atoms with van der Waals surface area (Å²) in [5, 5.41) is 3.69. The number of hydrogen-bond donors (Lipinski definition) is 1. The standard InChI is InChI=1S/C18H16Cl2N2O2/c19-13-8-14(20)10-15(9-13)21-18(24)16-6-7-17(23)22(16)11-12-4-2-1-3-5-12/h1-5,8-10,16H,6-7,11H2,(H,21,24). The van der Waals surface area contributed by atoms with E-state index in [1.54, 1.807) is 23.1 Å². The van der Waals surface area contributed by atoms with E-state index in [1.165, 1.54) is 0 Å². The van der Waals surface area contributed by atoms with Gasteiger partial charge in [0.1, 0.15) is 6.04 Å². The SMILES string of the molecule is O=C(Nc1cc(Cl)cc(Cl)c1)C1CCC(=O)N1Cc1ccccc1. The Bertz CT molecular complexity index is 745. The molecule has 0 radical (unpaired) electrons. The Labute approximate surface area is 150 Å². The Morgan fingerprint density at radius 2 is 1.79 bits per heavy atom. The third-order valence-corrected chi connectivity index (χ3v) is 4.39. The molecule has 124 valence electrons. The van der Waals surface area contributed by atoms with E-state index in [-0.39, 0.29) is 11.8 Å². The van der Waals surface area contributed by atoms with Gasteiger partial charge in [-0.05, 0) is 30.2 Å². The predicted octanol–water partition coefficient (Wildman–Crippen LogP) is 4.12. The van der Waals surface area contributed by atoms with Crippen molar-refractivity contribution >= 4 is 40.7 Å². The summed E-state index contributed by atoms with van der Waals surface area (Å²) in [5.74, 6) is -0.238. The molecule has 1 N–H and O–H groups in total. The fourth-order valence-electron chi connectivity index (χ4n) is 2.84. The molecule has 0 aliphatic carbocycles. The third kappa shape index (κ3) is 3.89. The van der Waals surface area contributed by atoms with Gasteiger partial charge in [0.25, 0.3) is 0 Å². The molecule has 2 aromatic carbocycles. The highest BCUT2D eigenvalue weighted by molar-refractivity contribution is 6.35. The smallest absolute Gasteiger partial charge is 0.247 e. The Morgan fingerprint density at radius 3 is 2.46 bits per heavy atom. The fraction of sp³-hybridized carbons (Fsp3) is 0.222. The van der Waals surface area contributed by atoms with Crippen molar-refractivity contribution in [3.63, 3.8) is 0 Å². The number of carbonyl (C=O) groups excluding carboxylic acids is 2. The maximum atomic E-state index is 12.6. The van der Waals surface area contributed by atoms with Gasteiger partial charge in [-0.2, -0.15) is 0 Å². The van der Waals surface area contributed by atoms with Crippen LogP contribution < -0.4 is 5.32 Å². The van der Waals surface area contributed by atoms with Crippen molar-refractivity contribution in [1.82, 2.24) is 4.90 Å². The normalized spacial score (nSPS) is 17.2. The number of nitrogens with zero attached hydrogens (tertiary/aromatic N) is 1. The largest absolute Gasteiger partial charge is 0.326 e. The van der Waals surface area contributed by atoms with Crippen molar-refractivity contribution in [2.45, 2.75) is 25.4 Å². The molecule has 1 heterocycles. The van der Waals surface area contributed by atoms with Crippen LogP contribution in [-0.4, -0.2) is 22.8 Å². The molecular formula is C18H16Cl2N2O2. The molecule has 2 aromatic rings. The first-order chi connectivity index (χ1) is 11.5.